The molecule has 31 heavy (non-hydrogen) atoms. The van der Waals surface area contributed by atoms with Crippen molar-refractivity contribution < 1.29 is 23.1 Å². The number of halogens is 4. The highest BCUT2D eigenvalue weighted by atomic mass is 35.5. The number of anilines is 1. The zero-order chi connectivity index (χ0) is 22.4. The fourth-order valence-corrected chi connectivity index (χ4v) is 3.85. The van der Waals surface area contributed by atoms with E-state index in [1.807, 2.05) is 24.3 Å². The maximum atomic E-state index is 10.6. The van der Waals surface area contributed by atoms with Crippen LogP contribution < -0.4 is 10.6 Å². The molecule has 0 radical (unpaired) electrons. The number of carbonyl (C=O) groups is 1. The summed E-state index contributed by atoms with van der Waals surface area (Å²) in [5.74, 6) is -2.76. The molecule has 4 rings (SSSR count). The number of aliphatic carboxylic acids is 1. The van der Waals surface area contributed by atoms with E-state index in [1.54, 1.807) is 0 Å². The summed E-state index contributed by atoms with van der Waals surface area (Å²) in [6, 6.07) is 16.7. The van der Waals surface area contributed by atoms with Gasteiger partial charge in [0.1, 0.15) is 0 Å². The summed E-state index contributed by atoms with van der Waals surface area (Å²) in [6.45, 7) is 3.99. The SMILES string of the molecule is Clc1ccccc1NCCCn1c2c(c3ccccc31)CCNC2.O=C(O)C(F)(F)F. The van der Waals surface area contributed by atoms with Crippen LogP contribution in [0.4, 0.5) is 18.9 Å². The average Bonchev–Trinajstić information content (AvgIpc) is 3.06. The number of para-hydroxylation sites is 2. The molecule has 166 valence electrons. The van der Waals surface area contributed by atoms with Crippen molar-refractivity contribution in [3.63, 3.8) is 0 Å². The topological polar surface area (TPSA) is 66.3 Å². The second-order valence-corrected chi connectivity index (χ2v) is 7.49. The monoisotopic (exact) mass is 453 g/mol. The summed E-state index contributed by atoms with van der Waals surface area (Å²) in [5, 5.41) is 16.3. The lowest BCUT2D eigenvalue weighted by Crippen LogP contribution is -2.25. The molecule has 2 heterocycles. The van der Waals surface area contributed by atoms with Crippen molar-refractivity contribution in [1.29, 1.82) is 0 Å². The number of hydrogen-bond acceptors (Lipinski definition) is 3. The van der Waals surface area contributed by atoms with E-state index in [2.05, 4.69) is 39.5 Å². The first kappa shape index (κ1) is 23.0. The van der Waals surface area contributed by atoms with Gasteiger partial charge in [-0.15, -0.1) is 0 Å². The van der Waals surface area contributed by atoms with Gasteiger partial charge in [-0.3, -0.25) is 0 Å². The maximum absolute atomic E-state index is 10.6. The summed E-state index contributed by atoms with van der Waals surface area (Å²) in [7, 11) is 0. The van der Waals surface area contributed by atoms with E-state index < -0.39 is 12.1 Å². The van der Waals surface area contributed by atoms with Gasteiger partial charge in [-0.2, -0.15) is 13.2 Å². The van der Waals surface area contributed by atoms with E-state index in [4.69, 9.17) is 21.5 Å². The van der Waals surface area contributed by atoms with Crippen LogP contribution >= 0.6 is 11.6 Å². The standard InChI is InChI=1S/C20H22ClN3.C2HF3O2/c21-17-7-2-3-8-18(17)23-11-5-13-24-19-9-4-1-6-15(19)16-10-12-22-14-20(16)24;3-2(4,5)1(6)7/h1-4,6-9,22-23H,5,10-14H2;(H,6,7). The van der Waals surface area contributed by atoms with Crippen LogP contribution in [0, 0.1) is 0 Å². The zero-order valence-electron chi connectivity index (χ0n) is 16.7. The molecule has 3 N–H and O–H groups in total. The fraction of sp³-hybridized carbons (Fsp3) is 0.318. The van der Waals surface area contributed by atoms with Crippen LogP contribution in [0.3, 0.4) is 0 Å². The molecule has 0 saturated carbocycles. The van der Waals surface area contributed by atoms with Gasteiger partial charge in [0.15, 0.2) is 0 Å². The van der Waals surface area contributed by atoms with Gasteiger partial charge in [0.25, 0.3) is 0 Å². The number of benzene rings is 2. The average molecular weight is 454 g/mol. The van der Waals surface area contributed by atoms with Crippen molar-refractivity contribution in [2.45, 2.75) is 32.1 Å². The van der Waals surface area contributed by atoms with Crippen LogP contribution in [0.5, 0.6) is 0 Å². The van der Waals surface area contributed by atoms with Gasteiger partial charge in [-0.25, -0.2) is 4.79 Å². The number of hydrogen-bond donors (Lipinski definition) is 3. The minimum atomic E-state index is -5.08. The second kappa shape index (κ2) is 10.1. The van der Waals surface area contributed by atoms with Crippen LogP contribution in [0.1, 0.15) is 17.7 Å². The number of aryl methyl sites for hydroxylation is 1. The quantitative estimate of drug-likeness (QED) is 0.471. The highest BCUT2D eigenvalue weighted by molar-refractivity contribution is 6.33. The smallest absolute Gasteiger partial charge is 0.475 e. The Bertz CT molecular complexity index is 1050. The van der Waals surface area contributed by atoms with E-state index in [0.717, 1.165) is 49.7 Å². The molecular formula is C22H23ClF3N3O2. The fourth-order valence-electron chi connectivity index (χ4n) is 3.65. The van der Waals surface area contributed by atoms with Crippen LogP contribution in [-0.4, -0.2) is 34.9 Å². The largest absolute Gasteiger partial charge is 0.490 e. The van der Waals surface area contributed by atoms with Crippen molar-refractivity contribution in [2.75, 3.05) is 18.4 Å². The minimum absolute atomic E-state index is 0.783. The van der Waals surface area contributed by atoms with Crippen molar-refractivity contribution >= 4 is 34.2 Å². The van der Waals surface area contributed by atoms with E-state index in [1.165, 1.54) is 22.2 Å². The van der Waals surface area contributed by atoms with E-state index in [9.17, 15) is 13.2 Å². The van der Waals surface area contributed by atoms with Gasteiger partial charge in [0.05, 0.1) is 10.7 Å². The Hall–Kier alpha value is -2.71. The molecule has 0 amide bonds. The number of aromatic nitrogens is 1. The van der Waals surface area contributed by atoms with E-state index in [-0.39, 0.29) is 0 Å². The summed E-state index contributed by atoms with van der Waals surface area (Å²) in [5.41, 5.74) is 5.37. The summed E-state index contributed by atoms with van der Waals surface area (Å²) in [6.07, 6.45) is -2.89. The third-order valence-electron chi connectivity index (χ3n) is 5.03. The highest BCUT2D eigenvalue weighted by Gasteiger charge is 2.38. The molecule has 9 heteroatoms. The molecule has 2 aromatic carbocycles. The Morgan fingerprint density at radius 3 is 2.55 bits per heavy atom. The lowest BCUT2D eigenvalue weighted by Gasteiger charge is -2.17. The normalized spacial score (nSPS) is 13.3. The number of carboxylic acid groups (broad SMARTS) is 1. The molecule has 1 aliphatic heterocycles. The number of nitrogens with zero attached hydrogens (tertiary/aromatic N) is 1. The van der Waals surface area contributed by atoms with Gasteiger partial charge in [0, 0.05) is 36.2 Å². The number of fused-ring (bicyclic) bond motifs is 3. The van der Waals surface area contributed by atoms with Crippen molar-refractivity contribution in [1.82, 2.24) is 9.88 Å². The second-order valence-electron chi connectivity index (χ2n) is 7.08. The van der Waals surface area contributed by atoms with Crippen molar-refractivity contribution in [2.24, 2.45) is 0 Å². The number of nitrogens with one attached hydrogen (secondary N) is 2. The van der Waals surface area contributed by atoms with Crippen molar-refractivity contribution in [3.05, 3.63) is 64.8 Å². The maximum Gasteiger partial charge on any atom is 0.490 e. The molecule has 3 aromatic rings. The number of carboxylic acids is 1. The lowest BCUT2D eigenvalue weighted by molar-refractivity contribution is -0.192. The molecule has 0 saturated heterocycles. The number of rotatable bonds is 5. The molecule has 1 aliphatic rings. The predicted octanol–water partition coefficient (Wildman–Crippen LogP) is 5.08. The molecule has 0 atom stereocenters. The van der Waals surface area contributed by atoms with Crippen LogP contribution in [0.15, 0.2) is 48.5 Å². The van der Waals surface area contributed by atoms with Gasteiger partial charge in [-0.05, 0) is 43.1 Å². The van der Waals surface area contributed by atoms with Crippen LogP contribution in [0.2, 0.25) is 5.02 Å². The van der Waals surface area contributed by atoms with E-state index >= 15 is 0 Å². The molecule has 0 unspecified atom stereocenters. The van der Waals surface area contributed by atoms with Gasteiger partial charge < -0.3 is 20.3 Å². The summed E-state index contributed by atoms with van der Waals surface area (Å²) in [4.78, 5) is 8.90. The predicted molar refractivity (Wildman–Crippen MR) is 116 cm³/mol. The zero-order valence-corrected chi connectivity index (χ0v) is 17.4. The minimum Gasteiger partial charge on any atom is -0.475 e. The van der Waals surface area contributed by atoms with Gasteiger partial charge in [-0.1, -0.05) is 41.9 Å². The third-order valence-corrected chi connectivity index (χ3v) is 5.36. The first-order valence-electron chi connectivity index (χ1n) is 9.87. The molecular weight excluding hydrogens is 431 g/mol. The molecule has 1 aromatic heterocycles. The lowest BCUT2D eigenvalue weighted by atomic mass is 10.1. The summed E-state index contributed by atoms with van der Waals surface area (Å²) < 4.78 is 34.2. The van der Waals surface area contributed by atoms with E-state index in [0.29, 0.717) is 0 Å². The van der Waals surface area contributed by atoms with Gasteiger partial charge >= 0.3 is 12.1 Å². The Kier molecular flexibility index (Phi) is 7.46. The Morgan fingerprint density at radius 1 is 1.16 bits per heavy atom. The molecule has 0 fully saturated rings. The Morgan fingerprint density at radius 2 is 1.84 bits per heavy atom. The molecule has 0 spiro atoms. The molecule has 5 nitrogen and oxygen atoms in total. The number of alkyl halides is 3. The van der Waals surface area contributed by atoms with Crippen LogP contribution in [-0.2, 0) is 24.3 Å². The van der Waals surface area contributed by atoms with Gasteiger partial charge in [0.2, 0.25) is 0 Å². The first-order chi connectivity index (χ1) is 14.8. The molecule has 0 bridgehead atoms. The van der Waals surface area contributed by atoms with Crippen molar-refractivity contribution in [3.8, 4) is 0 Å². The third kappa shape index (κ3) is 5.71. The Labute approximate surface area is 182 Å². The Balaban J connectivity index is 0.000000339. The highest BCUT2D eigenvalue weighted by Crippen LogP contribution is 2.29. The molecule has 0 aliphatic carbocycles. The summed E-state index contributed by atoms with van der Waals surface area (Å²) >= 11 is 6.20. The first-order valence-corrected chi connectivity index (χ1v) is 10.2. The van der Waals surface area contributed by atoms with Crippen LogP contribution in [0.25, 0.3) is 10.9 Å².